The standard InChI is InChI=1S/C18H17ClN6O.C9H15NO2/c1-9-3-6-15-22-13-7-10(11(19)8-14(13)25(9)15)4-5-12-16(17(20)26)18(21-2)24-23-12;1-3-9(11)10-6-4-5-8(10)7-12-2/h7-9H,3,6H2,1-2H3,(H2,20,26)(H2,21,23,24);3,8H,1,4-7H2,2H3. The topological polar surface area (TPSA) is 131 Å². The Balaban J connectivity index is 0.000000236. The number of benzene rings is 1. The van der Waals surface area contributed by atoms with Crippen molar-refractivity contribution in [2.75, 3.05) is 32.6 Å². The molecule has 0 aliphatic carbocycles. The fourth-order valence-corrected chi connectivity index (χ4v) is 5.19. The van der Waals surface area contributed by atoms with Gasteiger partial charge in [-0.15, -0.1) is 0 Å². The number of ether oxygens (including phenoxy) is 1. The number of hydrogen-bond acceptors (Lipinski definition) is 6. The van der Waals surface area contributed by atoms with Gasteiger partial charge in [-0.3, -0.25) is 14.7 Å². The third kappa shape index (κ3) is 5.39. The molecular formula is C27H32ClN7O3. The van der Waals surface area contributed by atoms with Gasteiger partial charge in [-0.2, -0.15) is 5.10 Å². The largest absolute Gasteiger partial charge is 0.383 e. The number of carbonyl (C=O) groups excluding carboxylic acids is 2. The van der Waals surface area contributed by atoms with Crippen molar-refractivity contribution in [1.82, 2.24) is 24.6 Å². The molecule has 200 valence electrons. The van der Waals surface area contributed by atoms with Gasteiger partial charge in [0.1, 0.15) is 17.1 Å². The summed E-state index contributed by atoms with van der Waals surface area (Å²) in [6.07, 6.45) is 5.56. The number of aromatic amines is 1. The molecule has 1 fully saturated rings. The quantitative estimate of drug-likeness (QED) is 0.338. The number of nitrogens with two attached hydrogens (primary N) is 1. The number of likely N-dealkylation sites (tertiary alicyclic amines) is 1. The van der Waals surface area contributed by atoms with E-state index in [1.165, 1.54) is 6.08 Å². The Hall–Kier alpha value is -3.81. The van der Waals surface area contributed by atoms with Crippen molar-refractivity contribution >= 4 is 40.3 Å². The van der Waals surface area contributed by atoms with Crippen LogP contribution in [0.25, 0.3) is 11.0 Å². The number of imidazole rings is 1. The third-order valence-electron chi connectivity index (χ3n) is 6.84. The van der Waals surface area contributed by atoms with E-state index < -0.39 is 5.91 Å². The number of aromatic nitrogens is 4. The van der Waals surface area contributed by atoms with Crippen LogP contribution in [0.3, 0.4) is 0 Å². The second-order valence-corrected chi connectivity index (χ2v) is 9.69. The average Bonchev–Trinajstić information content (AvgIpc) is 3.67. The van der Waals surface area contributed by atoms with Crippen molar-refractivity contribution in [1.29, 1.82) is 0 Å². The number of fused-ring (bicyclic) bond motifs is 3. The molecule has 0 saturated carbocycles. The molecule has 0 spiro atoms. The summed E-state index contributed by atoms with van der Waals surface area (Å²) in [4.78, 5) is 29.4. The van der Waals surface area contributed by atoms with E-state index in [2.05, 4.69) is 45.4 Å². The first-order chi connectivity index (χ1) is 18.3. The number of primary amides is 1. The van der Waals surface area contributed by atoms with Gasteiger partial charge in [0, 0.05) is 38.7 Å². The van der Waals surface area contributed by atoms with Crippen molar-refractivity contribution in [3.63, 3.8) is 0 Å². The maximum absolute atomic E-state index is 11.6. The molecule has 0 radical (unpaired) electrons. The maximum Gasteiger partial charge on any atom is 0.255 e. The average molecular weight is 538 g/mol. The molecule has 0 bridgehead atoms. The minimum absolute atomic E-state index is 0.0227. The van der Waals surface area contributed by atoms with Gasteiger partial charge in [-0.05, 0) is 50.3 Å². The lowest BCUT2D eigenvalue weighted by Crippen LogP contribution is -2.36. The lowest BCUT2D eigenvalue weighted by molar-refractivity contribution is -0.127. The van der Waals surface area contributed by atoms with Crippen LogP contribution in [0.1, 0.15) is 59.7 Å². The molecule has 11 heteroatoms. The van der Waals surface area contributed by atoms with Crippen LogP contribution >= 0.6 is 11.6 Å². The fraction of sp³-hybridized carbons (Fsp3) is 0.407. The molecule has 1 aromatic carbocycles. The molecule has 10 nitrogen and oxygen atoms in total. The van der Waals surface area contributed by atoms with Crippen LogP contribution < -0.4 is 11.1 Å². The summed E-state index contributed by atoms with van der Waals surface area (Å²) in [7, 11) is 3.32. The molecular weight excluding hydrogens is 506 g/mol. The highest BCUT2D eigenvalue weighted by molar-refractivity contribution is 6.32. The van der Waals surface area contributed by atoms with E-state index in [4.69, 9.17) is 27.1 Å². The Morgan fingerprint density at radius 2 is 2.16 bits per heavy atom. The number of amides is 2. The number of halogens is 1. The molecule has 1 saturated heterocycles. The monoisotopic (exact) mass is 537 g/mol. The second-order valence-electron chi connectivity index (χ2n) is 9.28. The fourth-order valence-electron chi connectivity index (χ4n) is 4.99. The zero-order chi connectivity index (χ0) is 27.4. The van der Waals surface area contributed by atoms with Gasteiger partial charge in [-0.25, -0.2) is 4.98 Å². The molecule has 2 amide bonds. The predicted molar refractivity (Wildman–Crippen MR) is 147 cm³/mol. The number of aryl methyl sites for hydroxylation is 1. The smallest absolute Gasteiger partial charge is 0.255 e. The Morgan fingerprint density at radius 3 is 2.84 bits per heavy atom. The van der Waals surface area contributed by atoms with Crippen molar-refractivity contribution < 1.29 is 14.3 Å². The highest BCUT2D eigenvalue weighted by atomic mass is 35.5. The summed E-state index contributed by atoms with van der Waals surface area (Å²) in [6, 6.07) is 4.47. The lowest BCUT2D eigenvalue weighted by Gasteiger charge is -2.22. The van der Waals surface area contributed by atoms with E-state index in [0.29, 0.717) is 34.7 Å². The van der Waals surface area contributed by atoms with Crippen LogP contribution in [0.4, 0.5) is 5.82 Å². The van der Waals surface area contributed by atoms with Crippen LogP contribution in [0.2, 0.25) is 5.02 Å². The molecule has 3 aromatic rings. The van der Waals surface area contributed by atoms with E-state index in [1.807, 2.05) is 17.0 Å². The van der Waals surface area contributed by atoms with E-state index in [-0.39, 0.29) is 17.5 Å². The lowest BCUT2D eigenvalue weighted by atomic mass is 10.1. The van der Waals surface area contributed by atoms with Crippen molar-refractivity contribution in [3.05, 3.63) is 52.5 Å². The third-order valence-corrected chi connectivity index (χ3v) is 7.16. The minimum atomic E-state index is -0.603. The van der Waals surface area contributed by atoms with E-state index in [1.54, 1.807) is 14.2 Å². The summed E-state index contributed by atoms with van der Waals surface area (Å²) in [5.41, 5.74) is 8.53. The Kier molecular flexibility index (Phi) is 8.39. The zero-order valence-corrected chi connectivity index (χ0v) is 22.6. The van der Waals surface area contributed by atoms with E-state index in [9.17, 15) is 9.59 Å². The minimum Gasteiger partial charge on any atom is -0.383 e. The molecule has 2 unspecified atom stereocenters. The summed E-state index contributed by atoms with van der Waals surface area (Å²) >= 11 is 6.44. The zero-order valence-electron chi connectivity index (χ0n) is 21.8. The number of rotatable bonds is 5. The van der Waals surface area contributed by atoms with Gasteiger partial charge >= 0.3 is 0 Å². The van der Waals surface area contributed by atoms with E-state index in [0.717, 1.165) is 49.1 Å². The molecule has 2 atom stereocenters. The SMILES string of the molecule is C=CC(=O)N1CCCC1COC.CNc1n[nH]c(C#Cc2cc3nc4n(c3cc2Cl)C(C)CC4)c1C(N)=O. The van der Waals surface area contributed by atoms with Gasteiger partial charge in [0.05, 0.1) is 28.7 Å². The first-order valence-electron chi connectivity index (χ1n) is 12.5. The molecule has 5 rings (SSSR count). The Bertz CT molecular complexity index is 1430. The number of hydrogen-bond donors (Lipinski definition) is 3. The van der Waals surface area contributed by atoms with Crippen LogP contribution in [0.15, 0.2) is 24.8 Å². The van der Waals surface area contributed by atoms with Gasteiger partial charge in [-0.1, -0.05) is 24.1 Å². The normalized spacial score (nSPS) is 17.8. The molecule has 2 aliphatic heterocycles. The van der Waals surface area contributed by atoms with Gasteiger partial charge in [0.25, 0.3) is 5.91 Å². The highest BCUT2D eigenvalue weighted by Gasteiger charge is 2.26. The molecule has 2 aromatic heterocycles. The number of nitrogens with one attached hydrogen (secondary N) is 2. The van der Waals surface area contributed by atoms with E-state index >= 15 is 0 Å². The van der Waals surface area contributed by atoms with Crippen molar-refractivity contribution in [2.24, 2.45) is 5.73 Å². The van der Waals surface area contributed by atoms with Gasteiger partial charge < -0.3 is 25.3 Å². The van der Waals surface area contributed by atoms with Crippen LogP contribution in [-0.4, -0.2) is 69.8 Å². The highest BCUT2D eigenvalue weighted by Crippen LogP contribution is 2.33. The van der Waals surface area contributed by atoms with Gasteiger partial charge in [0.15, 0.2) is 5.82 Å². The maximum atomic E-state index is 11.6. The first kappa shape index (κ1) is 27.2. The van der Waals surface area contributed by atoms with Gasteiger partial charge in [0.2, 0.25) is 5.91 Å². The Morgan fingerprint density at radius 1 is 1.37 bits per heavy atom. The first-order valence-corrected chi connectivity index (χ1v) is 12.9. The molecule has 38 heavy (non-hydrogen) atoms. The molecule has 2 aliphatic rings. The van der Waals surface area contributed by atoms with Crippen LogP contribution in [-0.2, 0) is 16.0 Å². The molecule has 4 heterocycles. The van der Waals surface area contributed by atoms with Crippen molar-refractivity contribution in [2.45, 2.75) is 44.7 Å². The summed E-state index contributed by atoms with van der Waals surface area (Å²) in [6.45, 7) is 7.14. The number of methoxy groups -OCH3 is 1. The summed E-state index contributed by atoms with van der Waals surface area (Å²) in [5, 5.41) is 10.1. The van der Waals surface area contributed by atoms with Crippen LogP contribution in [0, 0.1) is 11.8 Å². The molecule has 4 N–H and O–H groups in total. The number of nitrogens with zero attached hydrogens (tertiary/aromatic N) is 4. The second kappa shape index (κ2) is 11.7. The Labute approximate surface area is 226 Å². The number of carbonyl (C=O) groups is 2. The van der Waals surface area contributed by atoms with Crippen LogP contribution in [0.5, 0.6) is 0 Å². The number of H-pyrrole nitrogens is 1. The summed E-state index contributed by atoms with van der Waals surface area (Å²) < 4.78 is 7.26. The predicted octanol–water partition coefficient (Wildman–Crippen LogP) is 3.27. The summed E-state index contributed by atoms with van der Waals surface area (Å²) in [5.74, 6) is 6.76. The number of anilines is 1. The van der Waals surface area contributed by atoms with Crippen molar-refractivity contribution in [3.8, 4) is 11.8 Å².